The molecule has 0 atom stereocenters. The summed E-state index contributed by atoms with van der Waals surface area (Å²) in [7, 11) is 0. The molecule has 0 aliphatic rings. The van der Waals surface area contributed by atoms with E-state index in [2.05, 4.69) is 16.4 Å². The number of carbonyl (C=O) groups excluding carboxylic acids is 1. The van der Waals surface area contributed by atoms with Crippen LogP contribution < -0.4 is 10.9 Å². The first-order valence-electron chi connectivity index (χ1n) is 10.3. The van der Waals surface area contributed by atoms with Crippen LogP contribution in [0.15, 0.2) is 68.8 Å². The molecule has 2 heterocycles. The Morgan fingerprint density at radius 1 is 1.09 bits per heavy atom. The molecular formula is C26H21N3O3S. The topological polar surface area (TPSA) is 96.0 Å². The maximum absolute atomic E-state index is 12.7. The molecule has 164 valence electrons. The van der Waals surface area contributed by atoms with Crippen molar-refractivity contribution in [1.29, 1.82) is 5.26 Å². The number of carbonyl (C=O) groups is 1. The fourth-order valence-electron chi connectivity index (χ4n) is 3.47. The first-order valence-corrected chi connectivity index (χ1v) is 11.3. The van der Waals surface area contributed by atoms with Gasteiger partial charge < -0.3 is 9.73 Å². The van der Waals surface area contributed by atoms with Gasteiger partial charge in [0, 0.05) is 22.9 Å². The number of aryl methyl sites for hydroxylation is 3. The molecule has 1 N–H and O–H groups in total. The van der Waals surface area contributed by atoms with Crippen LogP contribution in [0.4, 0.5) is 5.69 Å². The quantitative estimate of drug-likeness (QED) is 0.314. The number of hydrogen-bond acceptors (Lipinski definition) is 6. The molecule has 0 aliphatic heterocycles. The van der Waals surface area contributed by atoms with Gasteiger partial charge in [-0.05, 0) is 67.8 Å². The summed E-state index contributed by atoms with van der Waals surface area (Å²) in [4.78, 5) is 29.3. The lowest BCUT2D eigenvalue weighted by Gasteiger charge is -2.11. The van der Waals surface area contributed by atoms with Crippen molar-refractivity contribution in [3.63, 3.8) is 0 Å². The average molecular weight is 456 g/mol. The molecule has 2 aromatic carbocycles. The number of pyridine rings is 1. The number of anilines is 1. The minimum Gasteiger partial charge on any atom is -0.423 e. The fraction of sp³-hybridized carbons (Fsp3) is 0.154. The number of fused-ring (bicyclic) bond motifs is 1. The van der Waals surface area contributed by atoms with E-state index in [4.69, 9.17) is 4.42 Å². The molecular weight excluding hydrogens is 434 g/mol. The molecule has 0 spiro atoms. The third-order valence-electron chi connectivity index (χ3n) is 5.38. The average Bonchev–Trinajstić information content (AvgIpc) is 2.79. The molecule has 0 aliphatic carbocycles. The van der Waals surface area contributed by atoms with Crippen molar-refractivity contribution in [3.8, 4) is 6.07 Å². The first-order chi connectivity index (χ1) is 15.9. The molecule has 0 unspecified atom stereocenters. The number of rotatable bonds is 5. The minimum atomic E-state index is -0.418. The van der Waals surface area contributed by atoms with Gasteiger partial charge in [0.05, 0.1) is 16.8 Å². The Morgan fingerprint density at radius 3 is 2.55 bits per heavy atom. The maximum Gasteiger partial charge on any atom is 0.336 e. The highest BCUT2D eigenvalue weighted by atomic mass is 32.2. The van der Waals surface area contributed by atoms with E-state index in [0.717, 1.165) is 22.1 Å². The van der Waals surface area contributed by atoms with Crippen molar-refractivity contribution in [2.45, 2.75) is 31.6 Å². The van der Waals surface area contributed by atoms with Crippen LogP contribution in [0.5, 0.6) is 0 Å². The Morgan fingerprint density at radius 2 is 1.82 bits per heavy atom. The third-order valence-corrected chi connectivity index (χ3v) is 6.42. The van der Waals surface area contributed by atoms with E-state index in [1.54, 1.807) is 25.1 Å². The Balaban J connectivity index is 1.63. The van der Waals surface area contributed by atoms with Crippen LogP contribution in [0.2, 0.25) is 0 Å². The second kappa shape index (κ2) is 9.31. The number of hydrogen-bond donors (Lipinski definition) is 1. The number of nitrogens with one attached hydrogen (secondary N) is 1. The zero-order valence-electron chi connectivity index (χ0n) is 18.4. The zero-order chi connectivity index (χ0) is 23.5. The van der Waals surface area contributed by atoms with Gasteiger partial charge in [0.2, 0.25) is 0 Å². The smallest absolute Gasteiger partial charge is 0.336 e. The Bertz CT molecular complexity index is 1470. The van der Waals surface area contributed by atoms with E-state index in [-0.39, 0.29) is 5.91 Å². The summed E-state index contributed by atoms with van der Waals surface area (Å²) in [5.74, 6) is 0.109. The zero-order valence-corrected chi connectivity index (χ0v) is 19.2. The molecule has 6 nitrogen and oxygen atoms in total. The Labute approximate surface area is 195 Å². The van der Waals surface area contributed by atoms with E-state index in [1.165, 1.54) is 17.8 Å². The van der Waals surface area contributed by atoms with Crippen molar-refractivity contribution in [2.24, 2.45) is 0 Å². The van der Waals surface area contributed by atoms with Gasteiger partial charge in [-0.15, -0.1) is 11.8 Å². The van der Waals surface area contributed by atoms with E-state index in [0.29, 0.717) is 38.9 Å². The summed E-state index contributed by atoms with van der Waals surface area (Å²) in [6.07, 6.45) is 0. The van der Waals surface area contributed by atoms with Crippen LogP contribution in [0, 0.1) is 32.1 Å². The van der Waals surface area contributed by atoms with Gasteiger partial charge in [0.15, 0.2) is 0 Å². The molecule has 1 amide bonds. The number of thioether (sulfide) groups is 1. The summed E-state index contributed by atoms with van der Waals surface area (Å²) in [6, 6.07) is 18.2. The number of nitrogens with zero attached hydrogens (tertiary/aromatic N) is 2. The van der Waals surface area contributed by atoms with Gasteiger partial charge in [-0.2, -0.15) is 5.26 Å². The molecule has 4 rings (SSSR count). The van der Waals surface area contributed by atoms with Gasteiger partial charge in [0.25, 0.3) is 5.91 Å². The van der Waals surface area contributed by atoms with E-state index >= 15 is 0 Å². The van der Waals surface area contributed by atoms with Crippen LogP contribution in [0.25, 0.3) is 11.0 Å². The van der Waals surface area contributed by atoms with Gasteiger partial charge in [0.1, 0.15) is 16.7 Å². The van der Waals surface area contributed by atoms with Crippen LogP contribution in [0.3, 0.4) is 0 Å². The van der Waals surface area contributed by atoms with Crippen LogP contribution >= 0.6 is 11.8 Å². The monoisotopic (exact) mass is 455 g/mol. The molecule has 0 saturated carbocycles. The highest BCUT2D eigenvalue weighted by molar-refractivity contribution is 7.98. The van der Waals surface area contributed by atoms with E-state index in [9.17, 15) is 14.9 Å². The lowest BCUT2D eigenvalue weighted by atomic mass is 10.0. The number of benzene rings is 2. The normalized spacial score (nSPS) is 10.7. The maximum atomic E-state index is 12.7. The van der Waals surface area contributed by atoms with Crippen molar-refractivity contribution in [2.75, 3.05) is 5.32 Å². The highest BCUT2D eigenvalue weighted by Crippen LogP contribution is 2.30. The molecule has 2 aromatic heterocycles. The van der Waals surface area contributed by atoms with Crippen molar-refractivity contribution in [1.82, 2.24) is 4.98 Å². The Kier molecular flexibility index (Phi) is 6.29. The lowest BCUT2D eigenvalue weighted by molar-refractivity contribution is 0.102. The third kappa shape index (κ3) is 4.81. The fourth-order valence-corrected chi connectivity index (χ4v) is 4.46. The van der Waals surface area contributed by atoms with Gasteiger partial charge >= 0.3 is 5.63 Å². The van der Waals surface area contributed by atoms with Gasteiger partial charge in [-0.25, -0.2) is 9.78 Å². The molecule has 0 bridgehead atoms. The second-order valence-electron chi connectivity index (χ2n) is 7.72. The largest absolute Gasteiger partial charge is 0.423 e. The molecule has 0 saturated heterocycles. The highest BCUT2D eigenvalue weighted by Gasteiger charge is 2.17. The lowest BCUT2D eigenvalue weighted by Crippen LogP contribution is -2.15. The van der Waals surface area contributed by atoms with Gasteiger partial charge in [-0.3, -0.25) is 4.79 Å². The molecule has 0 fully saturated rings. The Hall–Kier alpha value is -3.89. The van der Waals surface area contributed by atoms with Crippen LogP contribution in [-0.4, -0.2) is 10.9 Å². The van der Waals surface area contributed by atoms with Crippen molar-refractivity contribution in [3.05, 3.63) is 98.5 Å². The van der Waals surface area contributed by atoms with E-state index in [1.807, 2.05) is 44.2 Å². The van der Waals surface area contributed by atoms with Crippen molar-refractivity contribution < 1.29 is 9.21 Å². The SMILES string of the molecule is Cc1cc2oc(=O)cc(CSc3nc(C)c(C(=O)Nc4ccccc4)cc3C#N)c2cc1C. The first kappa shape index (κ1) is 22.3. The van der Waals surface area contributed by atoms with Crippen LogP contribution in [-0.2, 0) is 5.75 Å². The molecule has 33 heavy (non-hydrogen) atoms. The van der Waals surface area contributed by atoms with E-state index < -0.39 is 5.63 Å². The number of aromatic nitrogens is 1. The predicted molar refractivity (Wildman–Crippen MR) is 130 cm³/mol. The number of para-hydroxylation sites is 1. The summed E-state index contributed by atoms with van der Waals surface area (Å²) >= 11 is 1.35. The second-order valence-corrected chi connectivity index (χ2v) is 8.68. The summed E-state index contributed by atoms with van der Waals surface area (Å²) < 4.78 is 5.37. The minimum absolute atomic E-state index is 0.308. The molecule has 7 heteroatoms. The predicted octanol–water partition coefficient (Wildman–Crippen LogP) is 5.53. The number of nitriles is 1. The summed E-state index contributed by atoms with van der Waals surface area (Å²) in [6.45, 7) is 5.72. The van der Waals surface area contributed by atoms with Crippen LogP contribution in [0.1, 0.15) is 38.3 Å². The summed E-state index contributed by atoms with van der Waals surface area (Å²) in [5, 5.41) is 13.9. The standard InChI is InChI=1S/C26H21N3O3S/c1-15-9-22-19(12-24(30)32-23(22)10-16(15)2)14-33-26-18(13-27)11-21(17(3)28-26)25(31)29-20-7-5-4-6-8-20/h4-12H,14H2,1-3H3,(H,29,31). The number of amides is 1. The van der Waals surface area contributed by atoms with Crippen molar-refractivity contribution >= 4 is 34.3 Å². The molecule has 4 aromatic rings. The summed E-state index contributed by atoms with van der Waals surface area (Å²) in [5.41, 5.74) is 4.92. The molecule has 0 radical (unpaired) electrons. The van der Waals surface area contributed by atoms with Gasteiger partial charge in [-0.1, -0.05) is 18.2 Å².